The maximum atomic E-state index is 12.9. The van der Waals surface area contributed by atoms with E-state index in [1.54, 1.807) is 11.0 Å². The van der Waals surface area contributed by atoms with Crippen LogP contribution in [0.25, 0.3) is 6.08 Å². The first-order chi connectivity index (χ1) is 12.6. The van der Waals surface area contributed by atoms with Crippen molar-refractivity contribution in [1.29, 1.82) is 0 Å². The first-order valence-electron chi connectivity index (χ1n) is 8.47. The first kappa shape index (κ1) is 18.0. The first-order valence-corrected chi connectivity index (χ1v) is 8.85. The van der Waals surface area contributed by atoms with Crippen molar-refractivity contribution >= 4 is 29.3 Å². The maximum Gasteiger partial charge on any atom is 0.251 e. The summed E-state index contributed by atoms with van der Waals surface area (Å²) < 4.78 is 0. The summed E-state index contributed by atoms with van der Waals surface area (Å²) in [5.74, 6) is -0.0624. The molecule has 0 atom stereocenters. The van der Waals surface area contributed by atoms with Crippen LogP contribution in [0.5, 0.6) is 0 Å². The average Bonchev–Trinajstić information content (AvgIpc) is 2.67. The lowest BCUT2D eigenvalue weighted by Crippen LogP contribution is -2.28. The van der Waals surface area contributed by atoms with E-state index in [2.05, 4.69) is 0 Å². The Morgan fingerprint density at radius 3 is 2.23 bits per heavy atom. The molecule has 0 radical (unpaired) electrons. The fourth-order valence-electron chi connectivity index (χ4n) is 2.62. The van der Waals surface area contributed by atoms with Crippen LogP contribution in [-0.2, 0) is 11.3 Å². The van der Waals surface area contributed by atoms with E-state index >= 15 is 0 Å². The molecule has 0 aliphatic rings. The van der Waals surface area contributed by atoms with Crippen molar-refractivity contribution in [3.05, 3.63) is 107 Å². The van der Waals surface area contributed by atoms with Crippen molar-refractivity contribution in [1.82, 2.24) is 0 Å². The van der Waals surface area contributed by atoms with Crippen molar-refractivity contribution in [2.24, 2.45) is 0 Å². The molecule has 130 valence electrons. The van der Waals surface area contributed by atoms with Crippen LogP contribution in [0.3, 0.4) is 0 Å². The number of hydrogen-bond donors (Lipinski definition) is 0. The predicted octanol–water partition coefficient (Wildman–Crippen LogP) is 5.90. The van der Waals surface area contributed by atoms with Crippen LogP contribution in [-0.4, -0.2) is 5.91 Å². The van der Waals surface area contributed by atoms with E-state index in [0.29, 0.717) is 11.6 Å². The number of aryl methyl sites for hydroxylation is 1. The van der Waals surface area contributed by atoms with Crippen LogP contribution in [0.1, 0.15) is 16.7 Å². The van der Waals surface area contributed by atoms with E-state index < -0.39 is 0 Å². The van der Waals surface area contributed by atoms with Crippen molar-refractivity contribution in [3.63, 3.8) is 0 Å². The molecule has 3 aromatic carbocycles. The molecule has 0 saturated heterocycles. The highest BCUT2D eigenvalue weighted by molar-refractivity contribution is 6.30. The molecule has 0 aromatic heterocycles. The number of halogens is 1. The average molecular weight is 362 g/mol. The van der Waals surface area contributed by atoms with E-state index in [0.717, 1.165) is 22.4 Å². The SMILES string of the molecule is Cc1ccc(N(Cc2ccc(Cl)cc2)C(=O)C=Cc2ccccc2)cc1. The van der Waals surface area contributed by atoms with Gasteiger partial charge in [0.1, 0.15) is 0 Å². The summed E-state index contributed by atoms with van der Waals surface area (Å²) in [6, 6.07) is 25.3. The highest BCUT2D eigenvalue weighted by Crippen LogP contribution is 2.20. The summed E-state index contributed by atoms with van der Waals surface area (Å²) in [6.45, 7) is 2.52. The Morgan fingerprint density at radius 2 is 1.58 bits per heavy atom. The Labute approximate surface area is 159 Å². The largest absolute Gasteiger partial charge is 0.304 e. The zero-order valence-electron chi connectivity index (χ0n) is 14.6. The predicted molar refractivity (Wildman–Crippen MR) is 109 cm³/mol. The van der Waals surface area contributed by atoms with E-state index in [1.807, 2.05) is 91.9 Å². The van der Waals surface area contributed by atoms with Crippen LogP contribution >= 0.6 is 11.6 Å². The van der Waals surface area contributed by atoms with Crippen LogP contribution in [0.2, 0.25) is 5.02 Å². The highest BCUT2D eigenvalue weighted by atomic mass is 35.5. The van der Waals surface area contributed by atoms with Crippen molar-refractivity contribution in [3.8, 4) is 0 Å². The fraction of sp³-hybridized carbons (Fsp3) is 0.0870. The normalized spacial score (nSPS) is 10.8. The van der Waals surface area contributed by atoms with Crippen molar-refractivity contribution in [2.45, 2.75) is 13.5 Å². The molecule has 0 N–H and O–H groups in total. The molecule has 3 heteroatoms. The molecule has 3 aromatic rings. The van der Waals surface area contributed by atoms with Gasteiger partial charge < -0.3 is 4.90 Å². The van der Waals surface area contributed by atoms with Crippen molar-refractivity contribution < 1.29 is 4.79 Å². The lowest BCUT2D eigenvalue weighted by molar-refractivity contribution is -0.114. The molecule has 3 rings (SSSR count). The second-order valence-corrected chi connectivity index (χ2v) is 6.57. The van der Waals surface area contributed by atoms with Crippen LogP contribution < -0.4 is 4.90 Å². The number of amides is 1. The molecule has 0 unspecified atom stereocenters. The van der Waals surface area contributed by atoms with Gasteiger partial charge in [-0.05, 0) is 48.4 Å². The van der Waals surface area contributed by atoms with E-state index in [-0.39, 0.29) is 5.91 Å². The standard InChI is InChI=1S/C23H20ClNO/c1-18-7-14-22(15-8-18)25(17-20-9-12-21(24)13-10-20)23(26)16-11-19-5-3-2-4-6-19/h2-16H,17H2,1H3. The van der Waals surface area contributed by atoms with E-state index in [9.17, 15) is 4.79 Å². The van der Waals surface area contributed by atoms with Crippen LogP contribution in [0.4, 0.5) is 5.69 Å². The smallest absolute Gasteiger partial charge is 0.251 e. The molecule has 0 aliphatic carbocycles. The molecule has 0 spiro atoms. The van der Waals surface area contributed by atoms with Gasteiger partial charge in [-0.2, -0.15) is 0 Å². The third kappa shape index (κ3) is 4.84. The molecule has 0 saturated carbocycles. The van der Waals surface area contributed by atoms with Crippen LogP contribution in [0, 0.1) is 6.92 Å². The van der Waals surface area contributed by atoms with Gasteiger partial charge in [0.15, 0.2) is 0 Å². The second-order valence-electron chi connectivity index (χ2n) is 6.13. The van der Waals surface area contributed by atoms with E-state index in [4.69, 9.17) is 11.6 Å². The van der Waals surface area contributed by atoms with Gasteiger partial charge in [-0.15, -0.1) is 0 Å². The zero-order valence-corrected chi connectivity index (χ0v) is 15.4. The van der Waals surface area contributed by atoms with Gasteiger partial charge >= 0.3 is 0 Å². The number of nitrogens with zero attached hydrogens (tertiary/aromatic N) is 1. The third-order valence-corrected chi connectivity index (χ3v) is 4.34. The Kier molecular flexibility index (Phi) is 5.88. The number of hydrogen-bond acceptors (Lipinski definition) is 1. The molecule has 26 heavy (non-hydrogen) atoms. The Bertz CT molecular complexity index is 884. The minimum absolute atomic E-state index is 0.0624. The monoisotopic (exact) mass is 361 g/mol. The maximum absolute atomic E-state index is 12.9. The summed E-state index contributed by atoms with van der Waals surface area (Å²) in [6.07, 6.45) is 3.45. The molecule has 0 fully saturated rings. The highest BCUT2D eigenvalue weighted by Gasteiger charge is 2.14. The molecule has 0 aliphatic heterocycles. The van der Waals surface area contributed by atoms with Crippen molar-refractivity contribution in [2.75, 3.05) is 4.90 Å². The number of rotatable bonds is 5. The molecular weight excluding hydrogens is 342 g/mol. The molecular formula is C23H20ClNO. The number of benzene rings is 3. The second kappa shape index (κ2) is 8.50. The fourth-order valence-corrected chi connectivity index (χ4v) is 2.74. The Morgan fingerprint density at radius 1 is 0.923 bits per heavy atom. The van der Waals surface area contributed by atoms with Gasteiger partial charge in [0.2, 0.25) is 0 Å². The van der Waals surface area contributed by atoms with Gasteiger partial charge in [0.05, 0.1) is 6.54 Å². The Hall–Kier alpha value is -2.84. The quantitative estimate of drug-likeness (QED) is 0.518. The van der Waals surface area contributed by atoms with Gasteiger partial charge in [-0.25, -0.2) is 0 Å². The summed E-state index contributed by atoms with van der Waals surface area (Å²) >= 11 is 5.97. The van der Waals surface area contributed by atoms with Gasteiger partial charge in [-0.3, -0.25) is 4.79 Å². The molecule has 2 nitrogen and oxygen atoms in total. The minimum atomic E-state index is -0.0624. The van der Waals surface area contributed by atoms with Gasteiger partial charge in [-0.1, -0.05) is 71.8 Å². The summed E-state index contributed by atoms with van der Waals surface area (Å²) in [5.41, 5.74) is 4.05. The van der Waals surface area contributed by atoms with Gasteiger partial charge in [0.25, 0.3) is 5.91 Å². The molecule has 0 heterocycles. The summed E-state index contributed by atoms with van der Waals surface area (Å²) in [5, 5.41) is 0.686. The number of anilines is 1. The summed E-state index contributed by atoms with van der Waals surface area (Å²) in [4.78, 5) is 14.7. The molecule has 0 bridgehead atoms. The van der Waals surface area contributed by atoms with Crippen LogP contribution in [0.15, 0.2) is 84.9 Å². The topological polar surface area (TPSA) is 20.3 Å². The zero-order chi connectivity index (χ0) is 18.4. The number of carbonyl (C=O) groups is 1. The number of carbonyl (C=O) groups excluding carboxylic acids is 1. The van der Waals surface area contributed by atoms with E-state index in [1.165, 1.54) is 0 Å². The third-order valence-electron chi connectivity index (χ3n) is 4.08. The Balaban J connectivity index is 1.86. The lowest BCUT2D eigenvalue weighted by Gasteiger charge is -2.22. The minimum Gasteiger partial charge on any atom is -0.304 e. The summed E-state index contributed by atoms with van der Waals surface area (Å²) in [7, 11) is 0. The lowest BCUT2D eigenvalue weighted by atomic mass is 10.1. The van der Waals surface area contributed by atoms with Gasteiger partial charge in [0, 0.05) is 16.8 Å². The molecule has 1 amide bonds.